The summed E-state index contributed by atoms with van der Waals surface area (Å²) < 4.78 is 1.74. The number of nitrogens with one attached hydrogen (secondary N) is 1. The van der Waals surface area contributed by atoms with Crippen molar-refractivity contribution in [3.63, 3.8) is 0 Å². The molecule has 0 bridgehead atoms. The molecule has 7 heteroatoms. The minimum absolute atomic E-state index is 0.0290. The zero-order chi connectivity index (χ0) is 21.3. The minimum atomic E-state index is -0.124. The number of hydrogen-bond acceptors (Lipinski definition) is 3. The standard InChI is InChI=1S/C23H23ClN4O2/c1-15-21(13-26-28(15)20-5-3-4-18(24)12-20)23(30)27(19-10-11-19)14-16-6-8-17(9-7-16)22(29)25-2/h3-9,12-13,19H,10-11,14H2,1-2H3,(H,25,29). The van der Waals surface area contributed by atoms with Crippen LogP contribution >= 0.6 is 11.6 Å². The van der Waals surface area contributed by atoms with Crippen molar-refractivity contribution in [2.75, 3.05) is 7.05 Å². The minimum Gasteiger partial charge on any atom is -0.355 e. The van der Waals surface area contributed by atoms with Crippen LogP contribution in [-0.4, -0.2) is 39.6 Å². The molecule has 1 heterocycles. The van der Waals surface area contributed by atoms with E-state index in [9.17, 15) is 9.59 Å². The second-order valence-corrected chi connectivity index (χ2v) is 7.91. The normalized spacial score (nSPS) is 13.2. The lowest BCUT2D eigenvalue weighted by Gasteiger charge is -2.22. The van der Waals surface area contributed by atoms with E-state index >= 15 is 0 Å². The molecule has 2 aromatic carbocycles. The van der Waals surface area contributed by atoms with Crippen LogP contribution in [0, 0.1) is 6.92 Å². The third-order valence-electron chi connectivity index (χ3n) is 5.34. The van der Waals surface area contributed by atoms with Gasteiger partial charge < -0.3 is 10.2 Å². The summed E-state index contributed by atoms with van der Waals surface area (Å²) in [6, 6.07) is 15.0. The topological polar surface area (TPSA) is 67.2 Å². The first-order valence-corrected chi connectivity index (χ1v) is 10.3. The maximum absolute atomic E-state index is 13.4. The largest absolute Gasteiger partial charge is 0.355 e. The third kappa shape index (κ3) is 4.09. The van der Waals surface area contributed by atoms with Crippen molar-refractivity contribution in [2.24, 2.45) is 0 Å². The van der Waals surface area contributed by atoms with E-state index in [4.69, 9.17) is 11.6 Å². The molecule has 0 atom stereocenters. The lowest BCUT2D eigenvalue weighted by atomic mass is 10.1. The molecule has 1 N–H and O–H groups in total. The molecule has 0 radical (unpaired) electrons. The average Bonchev–Trinajstić information content (AvgIpc) is 3.52. The van der Waals surface area contributed by atoms with Gasteiger partial charge in [-0.25, -0.2) is 4.68 Å². The number of amides is 2. The fourth-order valence-electron chi connectivity index (χ4n) is 3.50. The van der Waals surface area contributed by atoms with Gasteiger partial charge in [0.05, 0.1) is 23.1 Å². The molecular weight excluding hydrogens is 400 g/mol. The maximum atomic E-state index is 13.4. The van der Waals surface area contributed by atoms with Crippen molar-refractivity contribution in [3.8, 4) is 5.69 Å². The van der Waals surface area contributed by atoms with Crippen LogP contribution in [0.1, 0.15) is 44.8 Å². The number of rotatable bonds is 6. The van der Waals surface area contributed by atoms with Gasteiger partial charge in [-0.05, 0) is 55.7 Å². The molecule has 0 saturated heterocycles. The number of benzene rings is 2. The molecule has 1 saturated carbocycles. The van der Waals surface area contributed by atoms with Gasteiger partial charge in [0.15, 0.2) is 0 Å². The van der Waals surface area contributed by atoms with E-state index in [1.165, 1.54) is 0 Å². The number of halogens is 1. The predicted octanol–water partition coefficient (Wildman–Crippen LogP) is 4.00. The maximum Gasteiger partial charge on any atom is 0.257 e. The molecule has 3 aromatic rings. The molecule has 1 aliphatic rings. The zero-order valence-electron chi connectivity index (χ0n) is 16.9. The summed E-state index contributed by atoms with van der Waals surface area (Å²) in [6.07, 6.45) is 3.63. The summed E-state index contributed by atoms with van der Waals surface area (Å²) in [6.45, 7) is 2.39. The van der Waals surface area contributed by atoms with E-state index in [0.717, 1.165) is 29.8 Å². The molecule has 0 unspecified atom stereocenters. The van der Waals surface area contributed by atoms with E-state index in [0.29, 0.717) is 22.7 Å². The van der Waals surface area contributed by atoms with Crippen LogP contribution in [0.5, 0.6) is 0 Å². The van der Waals surface area contributed by atoms with E-state index in [-0.39, 0.29) is 17.9 Å². The van der Waals surface area contributed by atoms with E-state index in [1.54, 1.807) is 36.1 Å². The highest BCUT2D eigenvalue weighted by Gasteiger charge is 2.34. The molecule has 1 aromatic heterocycles. The smallest absolute Gasteiger partial charge is 0.257 e. The fraction of sp³-hybridized carbons (Fsp3) is 0.261. The van der Waals surface area contributed by atoms with E-state index in [1.807, 2.05) is 42.2 Å². The van der Waals surface area contributed by atoms with Crippen molar-refractivity contribution < 1.29 is 9.59 Å². The SMILES string of the molecule is CNC(=O)c1ccc(CN(C(=O)c2cnn(-c3cccc(Cl)c3)c2C)C2CC2)cc1. The van der Waals surface area contributed by atoms with Gasteiger partial charge in [-0.2, -0.15) is 5.10 Å². The summed E-state index contributed by atoms with van der Waals surface area (Å²) in [5.41, 5.74) is 3.78. The van der Waals surface area contributed by atoms with Crippen molar-refractivity contribution in [1.82, 2.24) is 20.0 Å². The van der Waals surface area contributed by atoms with Gasteiger partial charge in [0.25, 0.3) is 11.8 Å². The Morgan fingerprint density at radius 3 is 2.57 bits per heavy atom. The molecule has 2 amide bonds. The van der Waals surface area contributed by atoms with Crippen molar-refractivity contribution in [2.45, 2.75) is 32.4 Å². The van der Waals surface area contributed by atoms with Crippen LogP contribution < -0.4 is 5.32 Å². The Labute approximate surface area is 180 Å². The van der Waals surface area contributed by atoms with Gasteiger partial charge >= 0.3 is 0 Å². The lowest BCUT2D eigenvalue weighted by Crippen LogP contribution is -2.33. The lowest BCUT2D eigenvalue weighted by molar-refractivity contribution is 0.0728. The van der Waals surface area contributed by atoms with Crippen LogP contribution in [0.15, 0.2) is 54.7 Å². The number of carbonyl (C=O) groups excluding carboxylic acids is 2. The van der Waals surface area contributed by atoms with Crippen molar-refractivity contribution >= 4 is 23.4 Å². The summed E-state index contributed by atoms with van der Waals surface area (Å²) in [7, 11) is 1.61. The predicted molar refractivity (Wildman–Crippen MR) is 116 cm³/mol. The highest BCUT2D eigenvalue weighted by atomic mass is 35.5. The van der Waals surface area contributed by atoms with Crippen molar-refractivity contribution in [1.29, 1.82) is 0 Å². The summed E-state index contributed by atoms with van der Waals surface area (Å²) in [5.74, 6) is -0.153. The Hall–Kier alpha value is -3.12. The molecule has 30 heavy (non-hydrogen) atoms. The summed E-state index contributed by atoms with van der Waals surface area (Å²) in [5, 5.41) is 7.66. The zero-order valence-corrected chi connectivity index (χ0v) is 17.7. The van der Waals surface area contributed by atoms with Crippen molar-refractivity contribution in [3.05, 3.63) is 82.1 Å². The van der Waals surface area contributed by atoms with E-state index in [2.05, 4.69) is 10.4 Å². The fourth-order valence-corrected chi connectivity index (χ4v) is 3.68. The van der Waals surface area contributed by atoms with Gasteiger partial charge in [0, 0.05) is 30.2 Å². The molecular formula is C23H23ClN4O2. The first-order chi connectivity index (χ1) is 14.5. The summed E-state index contributed by atoms with van der Waals surface area (Å²) in [4.78, 5) is 27.0. The molecule has 0 aliphatic heterocycles. The third-order valence-corrected chi connectivity index (χ3v) is 5.57. The second kappa shape index (κ2) is 8.32. The van der Waals surface area contributed by atoms with Gasteiger partial charge in [0.1, 0.15) is 0 Å². The number of carbonyl (C=O) groups is 2. The van der Waals surface area contributed by atoms with Gasteiger partial charge in [0.2, 0.25) is 0 Å². The van der Waals surface area contributed by atoms with Gasteiger partial charge in [-0.1, -0.05) is 29.8 Å². The molecule has 6 nitrogen and oxygen atoms in total. The number of nitrogens with zero attached hydrogens (tertiary/aromatic N) is 3. The number of hydrogen-bond donors (Lipinski definition) is 1. The monoisotopic (exact) mass is 422 g/mol. The van der Waals surface area contributed by atoms with E-state index < -0.39 is 0 Å². The average molecular weight is 423 g/mol. The highest BCUT2D eigenvalue weighted by molar-refractivity contribution is 6.30. The van der Waals surface area contributed by atoms with Crippen LogP contribution in [0.2, 0.25) is 5.02 Å². The Morgan fingerprint density at radius 2 is 1.93 bits per heavy atom. The summed E-state index contributed by atoms with van der Waals surface area (Å²) >= 11 is 6.11. The first kappa shape index (κ1) is 20.2. The Morgan fingerprint density at radius 1 is 1.20 bits per heavy atom. The van der Waals surface area contributed by atoms with Crippen LogP contribution in [0.25, 0.3) is 5.69 Å². The first-order valence-electron chi connectivity index (χ1n) is 9.90. The molecule has 1 fully saturated rings. The second-order valence-electron chi connectivity index (χ2n) is 7.48. The molecule has 0 spiro atoms. The highest BCUT2D eigenvalue weighted by Crippen LogP contribution is 2.31. The number of aromatic nitrogens is 2. The Balaban J connectivity index is 1.57. The Kier molecular flexibility index (Phi) is 5.59. The van der Waals surface area contributed by atoms with Crippen LogP contribution in [0.3, 0.4) is 0 Å². The molecule has 154 valence electrons. The van der Waals surface area contributed by atoms with Crippen LogP contribution in [-0.2, 0) is 6.54 Å². The quantitative estimate of drug-likeness (QED) is 0.652. The van der Waals surface area contributed by atoms with Gasteiger partial charge in [-0.3, -0.25) is 9.59 Å². The molecule has 4 rings (SSSR count). The van der Waals surface area contributed by atoms with Crippen LogP contribution in [0.4, 0.5) is 0 Å². The molecule has 1 aliphatic carbocycles. The van der Waals surface area contributed by atoms with Gasteiger partial charge in [-0.15, -0.1) is 0 Å². The Bertz CT molecular complexity index is 1090.